The summed E-state index contributed by atoms with van der Waals surface area (Å²) in [7, 11) is 0. The van der Waals surface area contributed by atoms with Gasteiger partial charge in [0.05, 0.1) is 0 Å². The Morgan fingerprint density at radius 1 is 0.381 bits per heavy atom. The van der Waals surface area contributed by atoms with E-state index in [2.05, 4.69) is 31.9 Å². The van der Waals surface area contributed by atoms with Gasteiger partial charge in [0.1, 0.15) is 0 Å². The van der Waals surface area contributed by atoms with Crippen molar-refractivity contribution in [2.45, 2.75) is 0 Å². The first-order valence-corrected chi connectivity index (χ1v) is 8.19. The van der Waals surface area contributed by atoms with E-state index < -0.39 is 0 Å². The number of fused-ring (bicyclic) bond motifs is 15. The van der Waals surface area contributed by atoms with Gasteiger partial charge >= 0.3 is 16.8 Å². The maximum Gasteiger partial charge on any atom is 3.00 e. The third-order valence-corrected chi connectivity index (χ3v) is 4.03. The summed E-state index contributed by atoms with van der Waals surface area (Å²) in [5.41, 5.74) is 0. The van der Waals surface area contributed by atoms with Crippen molar-refractivity contribution in [1.29, 1.82) is 0 Å². The smallest absolute Gasteiger partial charge is 0.315 e. The second-order valence-electron chi connectivity index (χ2n) is 5.96. The minimum absolute atomic E-state index is 0. The number of hydrogen-bond acceptors (Lipinski definition) is 6. The molecule has 0 radical (unpaired) electrons. The zero-order valence-electron chi connectivity index (χ0n) is 13.0. The van der Waals surface area contributed by atoms with E-state index in [0.29, 0.717) is 11.8 Å². The van der Waals surface area contributed by atoms with Crippen LogP contribution in [0.4, 0.5) is 0 Å². The van der Waals surface area contributed by atoms with Crippen molar-refractivity contribution in [2.75, 3.05) is 78.5 Å². The van der Waals surface area contributed by atoms with Crippen molar-refractivity contribution < 1.29 is 16.8 Å². The minimum atomic E-state index is 0. The summed E-state index contributed by atoms with van der Waals surface area (Å²) >= 11 is 0. The third-order valence-electron chi connectivity index (χ3n) is 4.03. The summed E-state index contributed by atoms with van der Waals surface area (Å²) in [4.78, 5) is 0. The van der Waals surface area contributed by atoms with Gasteiger partial charge < -0.3 is 31.9 Å². The van der Waals surface area contributed by atoms with Crippen LogP contribution in [0.25, 0.3) is 0 Å². The molecular weight excluding hydrogens is 311 g/mol. The van der Waals surface area contributed by atoms with E-state index in [1.54, 1.807) is 0 Å². The van der Waals surface area contributed by atoms with Crippen LogP contribution in [-0.2, 0) is 16.8 Å². The molecule has 6 nitrogen and oxygen atoms in total. The molecule has 0 aliphatic carbocycles. The fourth-order valence-corrected chi connectivity index (χ4v) is 2.80. The first-order chi connectivity index (χ1) is 9.95. The Morgan fingerprint density at radius 2 is 0.571 bits per heavy atom. The van der Waals surface area contributed by atoms with Crippen molar-refractivity contribution in [3.8, 4) is 0 Å². The van der Waals surface area contributed by atoms with Gasteiger partial charge in [-0.25, -0.2) is 0 Å². The monoisotopic (exact) mass is 343 g/mol. The summed E-state index contributed by atoms with van der Waals surface area (Å²) < 4.78 is 0. The molecule has 3 heterocycles. The first kappa shape index (κ1) is 19.3. The van der Waals surface area contributed by atoms with E-state index in [1.807, 2.05) is 0 Å². The SMILES string of the molecule is C1CNCC2CNCCNCC(CN1)CNCCNC2.[Co+3]. The molecule has 3 aliphatic rings. The Kier molecular flexibility index (Phi) is 11.7. The molecule has 7 heteroatoms. The second-order valence-corrected chi connectivity index (χ2v) is 5.96. The van der Waals surface area contributed by atoms with Gasteiger partial charge in [0.25, 0.3) is 0 Å². The van der Waals surface area contributed by atoms with Crippen LogP contribution in [0, 0.1) is 11.8 Å². The van der Waals surface area contributed by atoms with Crippen molar-refractivity contribution in [3.63, 3.8) is 0 Å². The van der Waals surface area contributed by atoms with Crippen LogP contribution >= 0.6 is 0 Å². The van der Waals surface area contributed by atoms with Gasteiger partial charge in [-0.3, -0.25) is 0 Å². The molecule has 3 aliphatic heterocycles. The molecule has 0 atom stereocenters. The summed E-state index contributed by atoms with van der Waals surface area (Å²) in [5, 5.41) is 21.5. The van der Waals surface area contributed by atoms with E-state index in [9.17, 15) is 0 Å². The Hall–Kier alpha value is 0.266. The normalized spacial score (nSPS) is 30.9. The molecule has 0 spiro atoms. The maximum absolute atomic E-state index is 3.58. The summed E-state index contributed by atoms with van der Waals surface area (Å²) in [5.74, 6) is 1.32. The van der Waals surface area contributed by atoms with Crippen LogP contribution in [0.5, 0.6) is 0 Å². The predicted molar refractivity (Wildman–Crippen MR) is 84.2 cm³/mol. The van der Waals surface area contributed by atoms with Crippen molar-refractivity contribution >= 4 is 0 Å². The van der Waals surface area contributed by atoms with Gasteiger partial charge in [0, 0.05) is 78.5 Å². The summed E-state index contributed by atoms with van der Waals surface area (Å²) in [6, 6.07) is 0. The summed E-state index contributed by atoms with van der Waals surface area (Å²) in [6.07, 6.45) is 0. The largest absolute Gasteiger partial charge is 3.00 e. The molecule has 3 fully saturated rings. The van der Waals surface area contributed by atoms with Gasteiger partial charge in [0.15, 0.2) is 0 Å². The molecule has 0 aromatic carbocycles. The van der Waals surface area contributed by atoms with Gasteiger partial charge in [-0.2, -0.15) is 0 Å². The van der Waals surface area contributed by atoms with Gasteiger partial charge in [0.2, 0.25) is 0 Å². The second kappa shape index (κ2) is 12.8. The topological polar surface area (TPSA) is 72.2 Å². The molecule has 0 aromatic rings. The van der Waals surface area contributed by atoms with E-state index in [-0.39, 0.29) is 16.8 Å². The quantitative estimate of drug-likeness (QED) is 0.300. The maximum atomic E-state index is 3.58. The zero-order valence-corrected chi connectivity index (χ0v) is 14.0. The Morgan fingerprint density at radius 3 is 0.762 bits per heavy atom. The molecule has 6 N–H and O–H groups in total. The fraction of sp³-hybridized carbons (Fsp3) is 1.00. The Bertz CT molecular complexity index is 181. The molecule has 3 rings (SSSR count). The standard InChI is InChI=1S/C14H32N6.Co/c1-2-16-8-14-11-19-5-3-17-9-13(7-15-1)10-18-4-6-20-12-14;/h13-20H,1-12H2;/q;+3. The van der Waals surface area contributed by atoms with Crippen molar-refractivity contribution in [1.82, 2.24) is 31.9 Å². The molecular formula is C14H32CoN6+3. The van der Waals surface area contributed by atoms with Gasteiger partial charge in [-0.1, -0.05) is 0 Å². The average Bonchev–Trinajstić information content (AvgIpc) is 2.47. The van der Waals surface area contributed by atoms with Crippen LogP contribution in [0.1, 0.15) is 0 Å². The van der Waals surface area contributed by atoms with E-state index in [4.69, 9.17) is 0 Å². The Labute approximate surface area is 139 Å². The molecule has 21 heavy (non-hydrogen) atoms. The summed E-state index contributed by atoms with van der Waals surface area (Å²) in [6.45, 7) is 12.9. The zero-order chi connectivity index (χ0) is 13.9. The molecule has 0 aromatic heterocycles. The minimum Gasteiger partial charge on any atom is -0.315 e. The molecule has 2 bridgehead atoms. The number of nitrogens with one attached hydrogen (secondary N) is 6. The van der Waals surface area contributed by atoms with Crippen LogP contribution in [-0.4, -0.2) is 78.5 Å². The van der Waals surface area contributed by atoms with E-state index >= 15 is 0 Å². The van der Waals surface area contributed by atoms with Gasteiger partial charge in [-0.05, 0) is 11.8 Å². The predicted octanol–water partition coefficient (Wildman–Crippen LogP) is -2.22. The van der Waals surface area contributed by atoms with E-state index in [0.717, 1.165) is 78.5 Å². The Balaban J connectivity index is 0.00000220. The number of hydrogen-bond donors (Lipinski definition) is 6. The number of rotatable bonds is 0. The van der Waals surface area contributed by atoms with E-state index in [1.165, 1.54) is 0 Å². The molecule has 3 saturated heterocycles. The van der Waals surface area contributed by atoms with Crippen LogP contribution in [0.15, 0.2) is 0 Å². The van der Waals surface area contributed by atoms with Crippen molar-refractivity contribution in [3.05, 3.63) is 0 Å². The third kappa shape index (κ3) is 9.10. The fourth-order valence-electron chi connectivity index (χ4n) is 2.80. The molecule has 0 unspecified atom stereocenters. The van der Waals surface area contributed by atoms with Gasteiger partial charge in [-0.15, -0.1) is 0 Å². The molecule has 124 valence electrons. The molecule has 0 amide bonds. The van der Waals surface area contributed by atoms with Crippen molar-refractivity contribution in [2.24, 2.45) is 11.8 Å². The van der Waals surface area contributed by atoms with Crippen LogP contribution < -0.4 is 31.9 Å². The van der Waals surface area contributed by atoms with Crippen LogP contribution in [0.3, 0.4) is 0 Å². The van der Waals surface area contributed by atoms with Crippen LogP contribution in [0.2, 0.25) is 0 Å². The molecule has 0 saturated carbocycles. The first-order valence-electron chi connectivity index (χ1n) is 8.19. The average molecular weight is 343 g/mol.